The molecule has 0 spiro atoms. The Balaban J connectivity index is 4.03. The summed E-state index contributed by atoms with van der Waals surface area (Å²) in [6.07, 6.45) is 6.00. The van der Waals surface area contributed by atoms with Gasteiger partial charge in [-0.05, 0) is 25.8 Å². The molecule has 0 saturated carbocycles. The zero-order valence-electron chi connectivity index (χ0n) is 12.1. The summed E-state index contributed by atoms with van der Waals surface area (Å²) in [5, 5.41) is 6.38. The van der Waals surface area contributed by atoms with Crippen molar-refractivity contribution in [2.75, 3.05) is 6.54 Å². The maximum Gasteiger partial charge on any atom is 0.369 e. The van der Waals surface area contributed by atoms with Crippen LogP contribution in [0.5, 0.6) is 0 Å². The molecule has 0 aromatic heterocycles. The molecule has 0 unspecified atom stereocenters. The van der Waals surface area contributed by atoms with E-state index in [1.807, 2.05) is 0 Å². The van der Waals surface area contributed by atoms with Crippen molar-refractivity contribution in [1.82, 2.24) is 0 Å². The molecule has 0 saturated heterocycles. The number of nitrogens with two attached hydrogens (primary N) is 1. The third-order valence-electron chi connectivity index (χ3n) is 3.40. The van der Waals surface area contributed by atoms with Crippen molar-refractivity contribution < 1.29 is 33.8 Å². The van der Waals surface area contributed by atoms with Gasteiger partial charge in [-0.25, -0.2) is 0 Å². The number of aliphatic hydroxyl groups is 1. The molecular weight excluding hydrogens is 320 g/mol. The SMILES string of the molecule is NCCCCCCCCCCC(O)(P(=O)(O)O)P(=O)(O)O. The highest BCUT2D eigenvalue weighted by molar-refractivity contribution is 7.72. The van der Waals surface area contributed by atoms with E-state index >= 15 is 0 Å². The summed E-state index contributed by atoms with van der Waals surface area (Å²) in [7, 11) is -10.6. The molecule has 128 valence electrons. The quantitative estimate of drug-likeness (QED) is 0.228. The van der Waals surface area contributed by atoms with Gasteiger partial charge < -0.3 is 30.4 Å². The van der Waals surface area contributed by atoms with Crippen LogP contribution < -0.4 is 5.73 Å². The van der Waals surface area contributed by atoms with Crippen molar-refractivity contribution in [3.8, 4) is 0 Å². The van der Waals surface area contributed by atoms with Crippen LogP contribution in [0.1, 0.15) is 57.8 Å². The average molecular weight is 347 g/mol. The molecule has 0 atom stereocenters. The first-order valence-corrected chi connectivity index (χ1v) is 10.3. The van der Waals surface area contributed by atoms with Gasteiger partial charge in [0.25, 0.3) is 5.08 Å². The van der Waals surface area contributed by atoms with Gasteiger partial charge in [0.1, 0.15) is 0 Å². The Morgan fingerprint density at radius 1 is 0.714 bits per heavy atom. The van der Waals surface area contributed by atoms with Gasteiger partial charge in [-0.2, -0.15) is 0 Å². The molecule has 0 bridgehead atoms. The molecule has 0 aromatic carbocycles. The van der Waals surface area contributed by atoms with E-state index in [4.69, 9.17) is 25.3 Å². The van der Waals surface area contributed by atoms with E-state index in [-0.39, 0.29) is 6.42 Å². The zero-order chi connectivity index (χ0) is 16.6. The fourth-order valence-corrected chi connectivity index (χ4v) is 4.28. The number of hydrogen-bond acceptors (Lipinski definition) is 4. The van der Waals surface area contributed by atoms with E-state index in [9.17, 15) is 14.2 Å². The van der Waals surface area contributed by atoms with Crippen molar-refractivity contribution in [1.29, 1.82) is 0 Å². The minimum Gasteiger partial charge on any atom is -0.368 e. The van der Waals surface area contributed by atoms with Gasteiger partial charge in [-0.1, -0.05) is 38.5 Å². The van der Waals surface area contributed by atoms with Gasteiger partial charge in [-0.15, -0.1) is 0 Å². The van der Waals surface area contributed by atoms with Crippen molar-refractivity contribution in [3.05, 3.63) is 0 Å². The summed E-state index contributed by atoms with van der Waals surface area (Å²) in [4.78, 5) is 35.8. The molecule has 21 heavy (non-hydrogen) atoms. The zero-order valence-corrected chi connectivity index (χ0v) is 13.9. The molecule has 0 aromatic rings. The fraction of sp³-hybridized carbons (Fsp3) is 1.00. The summed E-state index contributed by atoms with van der Waals surface area (Å²) in [5.74, 6) is 0. The minimum absolute atomic E-state index is 0.148. The standard InChI is InChI=1S/C11H27NO7P2/c12-10-8-6-4-2-1-3-5-7-9-11(13,20(14,15)16)21(17,18)19/h13H,1-10,12H2,(H2,14,15,16)(H2,17,18,19). The minimum atomic E-state index is -5.30. The number of hydrogen-bond donors (Lipinski definition) is 6. The van der Waals surface area contributed by atoms with Gasteiger partial charge >= 0.3 is 15.2 Å². The molecule has 7 N–H and O–H groups in total. The molecule has 0 aliphatic rings. The normalized spacial score (nSPS) is 13.6. The van der Waals surface area contributed by atoms with Crippen molar-refractivity contribution in [3.63, 3.8) is 0 Å². The third kappa shape index (κ3) is 7.35. The van der Waals surface area contributed by atoms with Gasteiger partial charge in [0, 0.05) is 0 Å². The predicted molar refractivity (Wildman–Crippen MR) is 79.6 cm³/mol. The van der Waals surface area contributed by atoms with Crippen LogP contribution in [0.2, 0.25) is 0 Å². The van der Waals surface area contributed by atoms with Crippen LogP contribution in [0.25, 0.3) is 0 Å². The molecule has 10 heteroatoms. The Morgan fingerprint density at radius 2 is 1.05 bits per heavy atom. The Kier molecular flexibility index (Phi) is 9.48. The molecule has 8 nitrogen and oxygen atoms in total. The highest BCUT2D eigenvalue weighted by Gasteiger charge is 2.58. The van der Waals surface area contributed by atoms with Crippen LogP contribution in [0.3, 0.4) is 0 Å². The van der Waals surface area contributed by atoms with Crippen LogP contribution in [0.4, 0.5) is 0 Å². The second kappa shape index (κ2) is 9.38. The van der Waals surface area contributed by atoms with E-state index < -0.39 is 26.7 Å². The fourth-order valence-electron chi connectivity index (χ4n) is 2.03. The van der Waals surface area contributed by atoms with Crippen LogP contribution >= 0.6 is 15.2 Å². The Hall–Kier alpha value is 0.220. The Labute approximate surface area is 125 Å². The lowest BCUT2D eigenvalue weighted by molar-refractivity contribution is 0.120. The lowest BCUT2D eigenvalue weighted by Crippen LogP contribution is -2.28. The Bertz CT molecular complexity index is 357. The first-order chi connectivity index (χ1) is 9.56. The molecule has 0 radical (unpaired) electrons. The topological polar surface area (TPSA) is 161 Å². The van der Waals surface area contributed by atoms with Gasteiger partial charge in [0.05, 0.1) is 0 Å². The first kappa shape index (κ1) is 21.2. The second-order valence-electron chi connectivity index (χ2n) is 5.23. The van der Waals surface area contributed by atoms with E-state index in [0.717, 1.165) is 38.5 Å². The van der Waals surface area contributed by atoms with Crippen molar-refractivity contribution in [2.24, 2.45) is 5.73 Å². The summed E-state index contributed by atoms with van der Waals surface area (Å²) < 4.78 is 22.2. The highest BCUT2D eigenvalue weighted by Crippen LogP contribution is 2.69. The van der Waals surface area contributed by atoms with Crippen molar-refractivity contribution >= 4 is 15.2 Å². The van der Waals surface area contributed by atoms with Crippen LogP contribution in [0.15, 0.2) is 0 Å². The maximum atomic E-state index is 11.1. The molecule has 0 heterocycles. The molecule has 0 fully saturated rings. The summed E-state index contributed by atoms with van der Waals surface area (Å²) in [5.41, 5.74) is 5.37. The Morgan fingerprint density at radius 3 is 1.38 bits per heavy atom. The second-order valence-corrected chi connectivity index (χ2v) is 9.24. The van der Waals surface area contributed by atoms with Crippen LogP contribution in [0, 0.1) is 0 Å². The van der Waals surface area contributed by atoms with Gasteiger partial charge in [0.2, 0.25) is 0 Å². The average Bonchev–Trinajstić information content (AvgIpc) is 2.33. The smallest absolute Gasteiger partial charge is 0.368 e. The van der Waals surface area contributed by atoms with Gasteiger partial charge in [0.15, 0.2) is 0 Å². The lowest BCUT2D eigenvalue weighted by atomic mass is 10.1. The number of unbranched alkanes of at least 4 members (excludes halogenated alkanes) is 7. The third-order valence-corrected chi connectivity index (χ3v) is 7.28. The highest BCUT2D eigenvalue weighted by atomic mass is 31.2. The van der Waals surface area contributed by atoms with E-state index in [2.05, 4.69) is 0 Å². The monoisotopic (exact) mass is 347 g/mol. The molecule has 0 rings (SSSR count). The summed E-state index contributed by atoms with van der Waals surface area (Å²) in [6.45, 7) is 0.684. The largest absolute Gasteiger partial charge is 0.369 e. The summed E-state index contributed by atoms with van der Waals surface area (Å²) >= 11 is 0. The molecule has 0 aliphatic heterocycles. The van der Waals surface area contributed by atoms with Crippen molar-refractivity contribution in [2.45, 2.75) is 62.9 Å². The summed E-state index contributed by atoms with van der Waals surface area (Å²) in [6, 6.07) is 0. The molecular formula is C11H27NO7P2. The first-order valence-electron chi connectivity index (χ1n) is 7.10. The van der Waals surface area contributed by atoms with E-state index in [1.165, 1.54) is 0 Å². The maximum absolute atomic E-state index is 11.1. The predicted octanol–water partition coefficient (Wildman–Crippen LogP) is 1.46. The van der Waals surface area contributed by atoms with Crippen LogP contribution in [-0.4, -0.2) is 36.3 Å². The molecule has 0 amide bonds. The molecule has 0 aliphatic carbocycles. The van der Waals surface area contributed by atoms with Crippen LogP contribution in [-0.2, 0) is 9.13 Å². The van der Waals surface area contributed by atoms with Gasteiger partial charge in [-0.3, -0.25) is 9.13 Å². The lowest BCUT2D eigenvalue weighted by Gasteiger charge is -2.29. The van der Waals surface area contributed by atoms with E-state index in [1.54, 1.807) is 0 Å². The number of rotatable bonds is 12. The van der Waals surface area contributed by atoms with E-state index in [0.29, 0.717) is 13.0 Å².